The summed E-state index contributed by atoms with van der Waals surface area (Å²) in [5, 5.41) is 13.4. The van der Waals surface area contributed by atoms with Crippen LogP contribution in [-0.4, -0.2) is 42.3 Å². The van der Waals surface area contributed by atoms with Gasteiger partial charge in [-0.25, -0.2) is 0 Å². The molecule has 1 aliphatic heterocycles. The summed E-state index contributed by atoms with van der Waals surface area (Å²) in [4.78, 5) is 2.45. The Bertz CT molecular complexity index is 342. The number of nitrogens with one attached hydrogen (secondary N) is 1. The first-order chi connectivity index (χ1) is 8.79. The Balaban J connectivity index is 1.87. The Hall–Kier alpha value is -0.900. The Morgan fingerprint density at radius 3 is 2.83 bits per heavy atom. The second-order valence-electron chi connectivity index (χ2n) is 5.14. The molecule has 0 radical (unpaired) electrons. The zero-order valence-electron chi connectivity index (χ0n) is 11.2. The molecule has 100 valence electrons. The number of benzene rings is 1. The molecule has 1 fully saturated rings. The van der Waals surface area contributed by atoms with Crippen molar-refractivity contribution in [2.24, 2.45) is 5.92 Å². The monoisotopic (exact) mass is 248 g/mol. The summed E-state index contributed by atoms with van der Waals surface area (Å²) in [6.07, 6.45) is 0.749. The van der Waals surface area contributed by atoms with Crippen molar-refractivity contribution in [1.29, 1.82) is 0 Å². The van der Waals surface area contributed by atoms with Crippen molar-refractivity contribution in [3.05, 3.63) is 35.9 Å². The average molecular weight is 248 g/mol. The van der Waals surface area contributed by atoms with E-state index in [2.05, 4.69) is 47.5 Å². The fraction of sp³-hybridized carbons (Fsp3) is 0.600. The zero-order valence-corrected chi connectivity index (χ0v) is 11.2. The number of piperidine rings is 1. The molecule has 1 aromatic carbocycles. The summed E-state index contributed by atoms with van der Waals surface area (Å²) >= 11 is 0. The van der Waals surface area contributed by atoms with E-state index in [-0.39, 0.29) is 6.10 Å². The van der Waals surface area contributed by atoms with Crippen molar-refractivity contribution in [3.8, 4) is 0 Å². The largest absolute Gasteiger partial charge is 0.393 e. The van der Waals surface area contributed by atoms with Gasteiger partial charge in [0.1, 0.15) is 0 Å². The molecule has 0 amide bonds. The summed E-state index contributed by atoms with van der Waals surface area (Å²) in [5.74, 6) is 0.363. The molecule has 2 atom stereocenters. The van der Waals surface area contributed by atoms with Crippen molar-refractivity contribution < 1.29 is 5.11 Å². The molecule has 1 saturated heterocycles. The Kier molecular flexibility index (Phi) is 5.17. The highest BCUT2D eigenvalue weighted by Gasteiger charge is 2.27. The molecule has 2 rings (SSSR count). The summed E-state index contributed by atoms with van der Waals surface area (Å²) in [5.41, 5.74) is 1.36. The highest BCUT2D eigenvalue weighted by Crippen LogP contribution is 2.18. The zero-order chi connectivity index (χ0) is 12.8. The van der Waals surface area contributed by atoms with Gasteiger partial charge in [0.15, 0.2) is 0 Å². The predicted molar refractivity (Wildman–Crippen MR) is 74.4 cm³/mol. The molecule has 2 unspecified atom stereocenters. The first-order valence-electron chi connectivity index (χ1n) is 6.94. The van der Waals surface area contributed by atoms with Crippen LogP contribution >= 0.6 is 0 Å². The maximum atomic E-state index is 10.0. The number of rotatable bonds is 5. The topological polar surface area (TPSA) is 35.5 Å². The average Bonchev–Trinajstić information content (AvgIpc) is 2.40. The summed E-state index contributed by atoms with van der Waals surface area (Å²) in [7, 11) is 0. The number of likely N-dealkylation sites (tertiary alicyclic amines) is 1. The van der Waals surface area contributed by atoms with Crippen molar-refractivity contribution in [2.45, 2.75) is 26.0 Å². The summed E-state index contributed by atoms with van der Waals surface area (Å²) < 4.78 is 0. The molecule has 3 nitrogen and oxygen atoms in total. The molecule has 3 heteroatoms. The number of hydrogen-bond donors (Lipinski definition) is 2. The van der Waals surface area contributed by atoms with E-state index in [1.165, 1.54) is 5.56 Å². The van der Waals surface area contributed by atoms with E-state index >= 15 is 0 Å². The standard InChI is InChI=1S/C15H24N2O/c1-2-16-10-14-12-17(9-8-15(14)18)11-13-6-4-3-5-7-13/h3-7,14-16,18H,2,8-12H2,1H3. The first-order valence-corrected chi connectivity index (χ1v) is 6.94. The van der Waals surface area contributed by atoms with Gasteiger partial charge in [0, 0.05) is 32.1 Å². The van der Waals surface area contributed by atoms with Gasteiger partial charge in [0.2, 0.25) is 0 Å². The molecule has 0 bridgehead atoms. The van der Waals surface area contributed by atoms with Gasteiger partial charge in [0.25, 0.3) is 0 Å². The first kappa shape index (κ1) is 13.5. The molecular formula is C15H24N2O. The van der Waals surface area contributed by atoms with E-state index in [4.69, 9.17) is 0 Å². The summed E-state index contributed by atoms with van der Waals surface area (Å²) in [6, 6.07) is 10.6. The van der Waals surface area contributed by atoms with Crippen LogP contribution in [0, 0.1) is 5.92 Å². The van der Waals surface area contributed by atoms with Gasteiger partial charge in [-0.05, 0) is 18.5 Å². The second kappa shape index (κ2) is 6.88. The molecule has 18 heavy (non-hydrogen) atoms. The Morgan fingerprint density at radius 1 is 1.33 bits per heavy atom. The molecule has 1 heterocycles. The van der Waals surface area contributed by atoms with Crippen molar-refractivity contribution in [3.63, 3.8) is 0 Å². The molecule has 2 N–H and O–H groups in total. The molecule has 1 aliphatic rings. The van der Waals surface area contributed by atoms with Crippen molar-refractivity contribution >= 4 is 0 Å². The fourth-order valence-corrected chi connectivity index (χ4v) is 2.61. The predicted octanol–water partition coefficient (Wildman–Crippen LogP) is 1.48. The number of nitrogens with zero attached hydrogens (tertiary/aromatic N) is 1. The Morgan fingerprint density at radius 2 is 2.11 bits per heavy atom. The van der Waals surface area contributed by atoms with Crippen LogP contribution in [0.4, 0.5) is 0 Å². The van der Waals surface area contributed by atoms with E-state index in [9.17, 15) is 5.11 Å². The third-order valence-electron chi connectivity index (χ3n) is 3.68. The lowest BCUT2D eigenvalue weighted by atomic mass is 9.94. The van der Waals surface area contributed by atoms with Crippen LogP contribution in [0.3, 0.4) is 0 Å². The van der Waals surface area contributed by atoms with Crippen LogP contribution in [-0.2, 0) is 6.54 Å². The van der Waals surface area contributed by atoms with Gasteiger partial charge in [-0.1, -0.05) is 37.3 Å². The van der Waals surface area contributed by atoms with E-state index < -0.39 is 0 Å². The van der Waals surface area contributed by atoms with Crippen LogP contribution in [0.15, 0.2) is 30.3 Å². The lowest BCUT2D eigenvalue weighted by Crippen LogP contribution is -2.46. The lowest BCUT2D eigenvalue weighted by Gasteiger charge is -2.36. The maximum absolute atomic E-state index is 10.0. The molecule has 0 saturated carbocycles. The Labute approximate surface area is 110 Å². The third-order valence-corrected chi connectivity index (χ3v) is 3.68. The van der Waals surface area contributed by atoms with Crippen molar-refractivity contribution in [2.75, 3.05) is 26.2 Å². The smallest absolute Gasteiger partial charge is 0.0605 e. The number of hydrogen-bond acceptors (Lipinski definition) is 3. The van der Waals surface area contributed by atoms with E-state index in [0.29, 0.717) is 5.92 Å². The second-order valence-corrected chi connectivity index (χ2v) is 5.14. The van der Waals surface area contributed by atoms with Gasteiger partial charge in [-0.3, -0.25) is 4.90 Å². The molecule has 1 aromatic rings. The number of aliphatic hydroxyl groups excluding tert-OH is 1. The minimum Gasteiger partial charge on any atom is -0.393 e. The van der Waals surface area contributed by atoms with Gasteiger partial charge >= 0.3 is 0 Å². The molecule has 0 aromatic heterocycles. The molecule has 0 aliphatic carbocycles. The molecular weight excluding hydrogens is 224 g/mol. The number of aliphatic hydroxyl groups is 1. The van der Waals surface area contributed by atoms with Crippen LogP contribution in [0.1, 0.15) is 18.9 Å². The van der Waals surface area contributed by atoms with Gasteiger partial charge < -0.3 is 10.4 Å². The normalized spacial score (nSPS) is 25.2. The highest BCUT2D eigenvalue weighted by molar-refractivity contribution is 5.14. The SMILES string of the molecule is CCNCC1CN(Cc2ccccc2)CCC1O. The van der Waals surface area contributed by atoms with Gasteiger partial charge in [0.05, 0.1) is 6.10 Å². The van der Waals surface area contributed by atoms with Crippen LogP contribution < -0.4 is 5.32 Å². The van der Waals surface area contributed by atoms with Crippen LogP contribution in [0.25, 0.3) is 0 Å². The van der Waals surface area contributed by atoms with Crippen LogP contribution in [0.2, 0.25) is 0 Å². The van der Waals surface area contributed by atoms with E-state index in [0.717, 1.165) is 39.1 Å². The highest BCUT2D eigenvalue weighted by atomic mass is 16.3. The summed E-state index contributed by atoms with van der Waals surface area (Å²) in [6.45, 7) is 6.99. The van der Waals surface area contributed by atoms with E-state index in [1.54, 1.807) is 0 Å². The minimum atomic E-state index is -0.143. The van der Waals surface area contributed by atoms with Crippen molar-refractivity contribution in [1.82, 2.24) is 10.2 Å². The lowest BCUT2D eigenvalue weighted by molar-refractivity contribution is 0.0243. The fourth-order valence-electron chi connectivity index (χ4n) is 2.61. The third kappa shape index (κ3) is 3.80. The van der Waals surface area contributed by atoms with Gasteiger partial charge in [-0.15, -0.1) is 0 Å². The maximum Gasteiger partial charge on any atom is 0.0605 e. The quantitative estimate of drug-likeness (QED) is 0.828. The molecule has 0 spiro atoms. The van der Waals surface area contributed by atoms with Gasteiger partial charge in [-0.2, -0.15) is 0 Å². The van der Waals surface area contributed by atoms with Crippen LogP contribution in [0.5, 0.6) is 0 Å². The van der Waals surface area contributed by atoms with E-state index in [1.807, 2.05) is 0 Å². The minimum absolute atomic E-state index is 0.143.